The molecule has 2 aliphatic rings. The molecule has 0 amide bonds. The van der Waals surface area contributed by atoms with Gasteiger partial charge in [0.15, 0.2) is 0 Å². The number of hydrogen-bond acceptors (Lipinski definition) is 2. The van der Waals surface area contributed by atoms with E-state index < -0.39 is 0 Å². The summed E-state index contributed by atoms with van der Waals surface area (Å²) in [5.74, 6) is 1.02. The van der Waals surface area contributed by atoms with Gasteiger partial charge in [0.25, 0.3) is 0 Å². The Kier molecular flexibility index (Phi) is 3.82. The summed E-state index contributed by atoms with van der Waals surface area (Å²) in [5, 5.41) is 7.22. The minimum atomic E-state index is 0.762. The Hall–Kier alpha value is -0.0800. The van der Waals surface area contributed by atoms with Crippen LogP contribution in [0.4, 0.5) is 0 Å². The van der Waals surface area contributed by atoms with Gasteiger partial charge in [-0.15, -0.1) is 0 Å². The van der Waals surface area contributed by atoms with Gasteiger partial charge in [0, 0.05) is 18.6 Å². The summed E-state index contributed by atoms with van der Waals surface area (Å²) in [6.07, 6.45) is 8.44. The first-order valence-corrected chi connectivity index (χ1v) is 6.35. The minimum Gasteiger partial charge on any atom is -0.315 e. The first-order chi connectivity index (χ1) is 6.88. The van der Waals surface area contributed by atoms with E-state index in [4.69, 9.17) is 0 Å². The standard InChI is InChI=1S/C12H24N2/c1-2-10-3-5-11(6-4-10)14-12-7-8-13-9-12/h10-14H,2-9H2,1H3. The molecule has 2 N–H and O–H groups in total. The fourth-order valence-corrected chi connectivity index (χ4v) is 2.87. The van der Waals surface area contributed by atoms with Crippen LogP contribution in [-0.2, 0) is 0 Å². The van der Waals surface area contributed by atoms with Crippen molar-refractivity contribution in [3.63, 3.8) is 0 Å². The number of rotatable bonds is 3. The molecule has 1 unspecified atom stereocenters. The van der Waals surface area contributed by atoms with Crippen molar-refractivity contribution in [2.45, 2.75) is 57.5 Å². The molecule has 1 saturated heterocycles. The molecule has 2 heteroatoms. The molecule has 0 aromatic rings. The Balaban J connectivity index is 1.67. The van der Waals surface area contributed by atoms with Crippen molar-refractivity contribution in [2.75, 3.05) is 13.1 Å². The van der Waals surface area contributed by atoms with E-state index >= 15 is 0 Å². The lowest BCUT2D eigenvalue weighted by Gasteiger charge is -2.30. The van der Waals surface area contributed by atoms with E-state index in [0.717, 1.165) is 18.0 Å². The van der Waals surface area contributed by atoms with E-state index in [1.54, 1.807) is 0 Å². The quantitative estimate of drug-likeness (QED) is 0.720. The molecule has 0 aromatic heterocycles. The van der Waals surface area contributed by atoms with Gasteiger partial charge < -0.3 is 10.6 Å². The SMILES string of the molecule is CCC1CCC(NC2CCNC2)CC1. The van der Waals surface area contributed by atoms with Crippen molar-refractivity contribution in [1.82, 2.24) is 10.6 Å². The molecule has 14 heavy (non-hydrogen) atoms. The van der Waals surface area contributed by atoms with Crippen LogP contribution in [0.3, 0.4) is 0 Å². The Labute approximate surface area is 87.8 Å². The van der Waals surface area contributed by atoms with Crippen molar-refractivity contribution in [2.24, 2.45) is 5.92 Å². The van der Waals surface area contributed by atoms with E-state index in [0.29, 0.717) is 0 Å². The summed E-state index contributed by atoms with van der Waals surface area (Å²) >= 11 is 0. The van der Waals surface area contributed by atoms with E-state index in [1.807, 2.05) is 0 Å². The van der Waals surface area contributed by atoms with Gasteiger partial charge in [-0.3, -0.25) is 0 Å². The third-order valence-corrected chi connectivity index (χ3v) is 3.96. The Bertz CT molecular complexity index is 156. The molecule has 1 aliphatic carbocycles. The van der Waals surface area contributed by atoms with Crippen molar-refractivity contribution >= 4 is 0 Å². The van der Waals surface area contributed by atoms with E-state index in [-0.39, 0.29) is 0 Å². The summed E-state index contributed by atoms with van der Waals surface area (Å²) in [7, 11) is 0. The van der Waals surface area contributed by atoms with Gasteiger partial charge in [0.1, 0.15) is 0 Å². The second-order valence-corrected chi connectivity index (χ2v) is 4.98. The predicted octanol–water partition coefficient (Wildman–Crippen LogP) is 1.91. The molecular weight excluding hydrogens is 172 g/mol. The summed E-state index contributed by atoms with van der Waals surface area (Å²) in [4.78, 5) is 0. The fourth-order valence-electron chi connectivity index (χ4n) is 2.87. The van der Waals surface area contributed by atoms with Crippen molar-refractivity contribution in [3.05, 3.63) is 0 Å². The largest absolute Gasteiger partial charge is 0.315 e. The van der Waals surface area contributed by atoms with Crippen LogP contribution in [0.2, 0.25) is 0 Å². The lowest BCUT2D eigenvalue weighted by molar-refractivity contribution is 0.272. The molecule has 1 aliphatic heterocycles. The zero-order chi connectivity index (χ0) is 9.80. The van der Waals surface area contributed by atoms with E-state index in [9.17, 15) is 0 Å². The van der Waals surface area contributed by atoms with Crippen molar-refractivity contribution in [3.8, 4) is 0 Å². The van der Waals surface area contributed by atoms with Gasteiger partial charge >= 0.3 is 0 Å². The summed E-state index contributed by atoms with van der Waals surface area (Å²) in [5.41, 5.74) is 0. The molecule has 1 atom stereocenters. The van der Waals surface area contributed by atoms with Crippen LogP contribution in [-0.4, -0.2) is 25.2 Å². The highest BCUT2D eigenvalue weighted by atomic mass is 15.0. The molecule has 0 radical (unpaired) electrons. The summed E-state index contributed by atoms with van der Waals surface area (Å²) in [6.45, 7) is 4.73. The summed E-state index contributed by atoms with van der Waals surface area (Å²) < 4.78 is 0. The lowest BCUT2D eigenvalue weighted by atomic mass is 9.84. The van der Waals surface area contributed by atoms with Crippen molar-refractivity contribution < 1.29 is 0 Å². The molecule has 1 saturated carbocycles. The van der Waals surface area contributed by atoms with Gasteiger partial charge in [0.2, 0.25) is 0 Å². The minimum absolute atomic E-state index is 0.762. The molecule has 82 valence electrons. The predicted molar refractivity (Wildman–Crippen MR) is 60.4 cm³/mol. The average Bonchev–Trinajstić information content (AvgIpc) is 2.72. The van der Waals surface area contributed by atoms with Crippen LogP contribution in [0.5, 0.6) is 0 Å². The molecule has 2 rings (SSSR count). The van der Waals surface area contributed by atoms with Gasteiger partial charge in [-0.2, -0.15) is 0 Å². The van der Waals surface area contributed by atoms with E-state index in [1.165, 1.54) is 51.6 Å². The van der Waals surface area contributed by atoms with Gasteiger partial charge in [-0.1, -0.05) is 13.3 Å². The Morgan fingerprint density at radius 2 is 1.86 bits per heavy atom. The second-order valence-electron chi connectivity index (χ2n) is 4.98. The average molecular weight is 196 g/mol. The molecule has 2 fully saturated rings. The van der Waals surface area contributed by atoms with Crippen LogP contribution < -0.4 is 10.6 Å². The van der Waals surface area contributed by atoms with Crippen LogP contribution in [0.1, 0.15) is 45.4 Å². The zero-order valence-corrected chi connectivity index (χ0v) is 9.39. The van der Waals surface area contributed by atoms with Crippen LogP contribution >= 0.6 is 0 Å². The third kappa shape index (κ3) is 2.71. The molecule has 0 aromatic carbocycles. The maximum absolute atomic E-state index is 3.80. The van der Waals surface area contributed by atoms with Crippen LogP contribution in [0.25, 0.3) is 0 Å². The van der Waals surface area contributed by atoms with E-state index in [2.05, 4.69) is 17.6 Å². The van der Waals surface area contributed by atoms with Crippen LogP contribution in [0.15, 0.2) is 0 Å². The van der Waals surface area contributed by atoms with Gasteiger partial charge in [-0.05, 0) is 44.6 Å². The number of nitrogens with one attached hydrogen (secondary N) is 2. The first-order valence-electron chi connectivity index (χ1n) is 6.35. The normalized spacial score (nSPS) is 38.8. The van der Waals surface area contributed by atoms with Gasteiger partial charge in [0.05, 0.1) is 0 Å². The highest BCUT2D eigenvalue weighted by Gasteiger charge is 2.23. The maximum atomic E-state index is 3.80. The zero-order valence-electron chi connectivity index (χ0n) is 9.39. The maximum Gasteiger partial charge on any atom is 0.0207 e. The van der Waals surface area contributed by atoms with Crippen LogP contribution in [0, 0.1) is 5.92 Å². The number of hydrogen-bond donors (Lipinski definition) is 2. The third-order valence-electron chi connectivity index (χ3n) is 3.96. The van der Waals surface area contributed by atoms with Crippen molar-refractivity contribution in [1.29, 1.82) is 0 Å². The molecule has 0 bridgehead atoms. The fraction of sp³-hybridized carbons (Fsp3) is 1.00. The Morgan fingerprint density at radius 1 is 1.07 bits per heavy atom. The molecule has 1 heterocycles. The van der Waals surface area contributed by atoms with Gasteiger partial charge in [-0.25, -0.2) is 0 Å². The summed E-state index contributed by atoms with van der Waals surface area (Å²) in [6, 6.07) is 1.58. The second kappa shape index (κ2) is 5.13. The first kappa shape index (κ1) is 10.4. The molecular formula is C12H24N2. The monoisotopic (exact) mass is 196 g/mol. The molecule has 0 spiro atoms. The highest BCUT2D eigenvalue weighted by Crippen LogP contribution is 2.26. The lowest BCUT2D eigenvalue weighted by Crippen LogP contribution is -2.41. The smallest absolute Gasteiger partial charge is 0.0207 e. The highest BCUT2D eigenvalue weighted by molar-refractivity contribution is 4.84. The Morgan fingerprint density at radius 3 is 2.43 bits per heavy atom. The molecule has 2 nitrogen and oxygen atoms in total. The topological polar surface area (TPSA) is 24.1 Å².